The molecule has 0 amide bonds. The first kappa shape index (κ1) is 10.4. The van der Waals surface area contributed by atoms with E-state index in [0.717, 1.165) is 6.42 Å². The number of hydrogen-bond donors (Lipinski definition) is 1. The molecule has 0 aromatic carbocycles. The van der Waals surface area contributed by atoms with Crippen molar-refractivity contribution in [1.29, 1.82) is 0 Å². The molecule has 0 spiro atoms. The van der Waals surface area contributed by atoms with Gasteiger partial charge < -0.3 is 5.73 Å². The van der Waals surface area contributed by atoms with Crippen molar-refractivity contribution in [3.63, 3.8) is 0 Å². The molecule has 11 heavy (non-hydrogen) atoms. The molecule has 0 aliphatic heterocycles. The Morgan fingerprint density at radius 2 is 2.09 bits per heavy atom. The minimum atomic E-state index is 0.593. The van der Waals surface area contributed by atoms with Crippen LogP contribution in [-0.4, -0.2) is 6.54 Å². The summed E-state index contributed by atoms with van der Waals surface area (Å²) in [5.74, 6) is 0.593. The molecule has 0 aliphatic carbocycles. The summed E-state index contributed by atoms with van der Waals surface area (Å²) in [7, 11) is 0. The lowest BCUT2D eigenvalue weighted by Gasteiger charge is -1.99. The van der Waals surface area contributed by atoms with Crippen molar-refractivity contribution in [3.8, 4) is 0 Å². The quantitative estimate of drug-likeness (QED) is 0.617. The van der Waals surface area contributed by atoms with Crippen molar-refractivity contribution in [1.82, 2.24) is 0 Å². The van der Waals surface area contributed by atoms with Crippen LogP contribution in [0, 0.1) is 5.92 Å². The predicted octanol–water partition coefficient (Wildman–Crippen LogP) is 2.49. The number of hydrogen-bond acceptors (Lipinski definition) is 1. The molecule has 0 aliphatic rings. The molecule has 0 fully saturated rings. The largest absolute Gasteiger partial charge is 0.327 e. The van der Waals surface area contributed by atoms with Crippen LogP contribution in [0.15, 0.2) is 23.8 Å². The van der Waals surface area contributed by atoms with Gasteiger partial charge in [-0.2, -0.15) is 0 Å². The minimum Gasteiger partial charge on any atom is -0.327 e. The van der Waals surface area contributed by atoms with Gasteiger partial charge in [0, 0.05) is 6.54 Å². The molecule has 0 unspecified atom stereocenters. The van der Waals surface area contributed by atoms with Crippen molar-refractivity contribution < 1.29 is 0 Å². The first-order valence-electron chi connectivity index (χ1n) is 4.28. The van der Waals surface area contributed by atoms with Gasteiger partial charge in [-0.15, -0.1) is 0 Å². The monoisotopic (exact) mass is 153 g/mol. The van der Waals surface area contributed by atoms with E-state index in [1.54, 1.807) is 0 Å². The van der Waals surface area contributed by atoms with E-state index in [0.29, 0.717) is 12.5 Å². The Morgan fingerprint density at radius 1 is 1.45 bits per heavy atom. The van der Waals surface area contributed by atoms with Crippen LogP contribution in [0.5, 0.6) is 0 Å². The second kappa shape index (κ2) is 6.17. The van der Waals surface area contributed by atoms with E-state index >= 15 is 0 Å². The molecular formula is C10H19N. The van der Waals surface area contributed by atoms with Crippen molar-refractivity contribution in [2.24, 2.45) is 11.7 Å². The lowest BCUT2D eigenvalue weighted by Crippen LogP contribution is -2.02. The smallest absolute Gasteiger partial charge is 0.0174 e. The van der Waals surface area contributed by atoms with Crippen LogP contribution in [0.25, 0.3) is 0 Å². The van der Waals surface area contributed by atoms with Gasteiger partial charge in [0.05, 0.1) is 0 Å². The van der Waals surface area contributed by atoms with E-state index in [-0.39, 0.29) is 0 Å². The van der Waals surface area contributed by atoms with Gasteiger partial charge in [0.15, 0.2) is 0 Å². The summed E-state index contributed by atoms with van der Waals surface area (Å²) in [6.07, 6.45) is 7.53. The van der Waals surface area contributed by atoms with E-state index in [9.17, 15) is 0 Å². The second-order valence-electron chi connectivity index (χ2n) is 3.00. The molecule has 0 atom stereocenters. The van der Waals surface area contributed by atoms with Gasteiger partial charge in [0.1, 0.15) is 0 Å². The third-order valence-corrected chi connectivity index (χ3v) is 1.35. The summed E-state index contributed by atoms with van der Waals surface area (Å²) in [4.78, 5) is 0. The van der Waals surface area contributed by atoms with E-state index in [2.05, 4.69) is 39.0 Å². The van der Waals surface area contributed by atoms with Gasteiger partial charge in [-0.3, -0.25) is 0 Å². The molecule has 2 N–H and O–H groups in total. The molecule has 0 heterocycles. The molecule has 0 radical (unpaired) electrons. The van der Waals surface area contributed by atoms with Crippen LogP contribution >= 0.6 is 0 Å². The van der Waals surface area contributed by atoms with Crippen LogP contribution in [0.2, 0.25) is 0 Å². The van der Waals surface area contributed by atoms with Gasteiger partial charge in [-0.25, -0.2) is 0 Å². The van der Waals surface area contributed by atoms with Crippen molar-refractivity contribution >= 4 is 0 Å². The normalized spacial score (nSPS) is 13.4. The summed E-state index contributed by atoms with van der Waals surface area (Å²) in [6.45, 7) is 7.10. The minimum absolute atomic E-state index is 0.593. The van der Waals surface area contributed by atoms with Gasteiger partial charge in [0.2, 0.25) is 0 Å². The zero-order valence-corrected chi connectivity index (χ0v) is 7.80. The Hall–Kier alpha value is -0.560. The molecule has 0 rings (SSSR count). The third-order valence-electron chi connectivity index (χ3n) is 1.35. The molecule has 64 valence electrons. The number of nitrogens with two attached hydrogens (primary N) is 1. The Balaban J connectivity index is 4.04. The molecular weight excluding hydrogens is 134 g/mol. The highest BCUT2D eigenvalue weighted by Crippen LogP contribution is 2.02. The molecule has 0 aromatic rings. The van der Waals surface area contributed by atoms with E-state index in [1.165, 1.54) is 5.57 Å². The second-order valence-corrected chi connectivity index (χ2v) is 3.00. The summed E-state index contributed by atoms with van der Waals surface area (Å²) in [5.41, 5.74) is 6.78. The number of allylic oxidation sites excluding steroid dienone is 2. The summed E-state index contributed by atoms with van der Waals surface area (Å²) >= 11 is 0. The SMILES string of the molecule is CC/C=C\C(=C/C(C)C)CN. The fourth-order valence-corrected chi connectivity index (χ4v) is 0.889. The molecule has 1 heteroatoms. The van der Waals surface area contributed by atoms with Gasteiger partial charge in [-0.1, -0.05) is 39.0 Å². The van der Waals surface area contributed by atoms with Crippen molar-refractivity contribution in [2.75, 3.05) is 6.54 Å². The predicted molar refractivity (Wildman–Crippen MR) is 51.4 cm³/mol. The molecule has 0 aromatic heterocycles. The first-order chi connectivity index (χ1) is 5.20. The highest BCUT2D eigenvalue weighted by Gasteiger charge is 1.90. The van der Waals surface area contributed by atoms with E-state index in [1.807, 2.05) is 0 Å². The Bertz CT molecular complexity index is 143. The highest BCUT2D eigenvalue weighted by molar-refractivity contribution is 5.20. The van der Waals surface area contributed by atoms with E-state index < -0.39 is 0 Å². The van der Waals surface area contributed by atoms with Crippen LogP contribution in [0.3, 0.4) is 0 Å². The molecule has 1 nitrogen and oxygen atoms in total. The lowest BCUT2D eigenvalue weighted by atomic mass is 10.1. The summed E-state index contributed by atoms with van der Waals surface area (Å²) in [6, 6.07) is 0. The maximum absolute atomic E-state index is 5.54. The number of rotatable bonds is 4. The lowest BCUT2D eigenvalue weighted by molar-refractivity contribution is 0.821. The Kier molecular flexibility index (Phi) is 5.86. The molecule has 0 saturated carbocycles. The third kappa shape index (κ3) is 5.86. The van der Waals surface area contributed by atoms with Crippen LogP contribution < -0.4 is 5.73 Å². The van der Waals surface area contributed by atoms with Crippen LogP contribution in [0.4, 0.5) is 0 Å². The highest BCUT2D eigenvalue weighted by atomic mass is 14.5. The molecule has 0 bridgehead atoms. The van der Waals surface area contributed by atoms with Crippen molar-refractivity contribution in [3.05, 3.63) is 23.8 Å². The van der Waals surface area contributed by atoms with Crippen LogP contribution in [0.1, 0.15) is 27.2 Å². The Morgan fingerprint density at radius 3 is 2.45 bits per heavy atom. The zero-order chi connectivity index (χ0) is 8.69. The average molecular weight is 153 g/mol. The Labute approximate surface area is 70.0 Å². The van der Waals surface area contributed by atoms with E-state index in [4.69, 9.17) is 5.73 Å². The van der Waals surface area contributed by atoms with Gasteiger partial charge in [-0.05, 0) is 17.9 Å². The van der Waals surface area contributed by atoms with Crippen LogP contribution in [-0.2, 0) is 0 Å². The molecule has 0 saturated heterocycles. The maximum Gasteiger partial charge on any atom is 0.0174 e. The fraction of sp³-hybridized carbons (Fsp3) is 0.600. The standard InChI is InChI=1S/C10H19N/c1-4-5-6-10(8-11)7-9(2)3/h5-7,9H,4,8,11H2,1-3H3/b6-5-,10-7+. The first-order valence-corrected chi connectivity index (χ1v) is 4.28. The summed E-state index contributed by atoms with van der Waals surface area (Å²) in [5, 5.41) is 0. The van der Waals surface area contributed by atoms with Crippen molar-refractivity contribution in [2.45, 2.75) is 27.2 Å². The summed E-state index contributed by atoms with van der Waals surface area (Å²) < 4.78 is 0. The maximum atomic E-state index is 5.54. The average Bonchev–Trinajstić information content (AvgIpc) is 1.97. The zero-order valence-electron chi connectivity index (χ0n) is 7.80. The van der Waals surface area contributed by atoms with Gasteiger partial charge in [0.25, 0.3) is 0 Å². The fourth-order valence-electron chi connectivity index (χ4n) is 0.889. The van der Waals surface area contributed by atoms with Gasteiger partial charge >= 0.3 is 0 Å². The topological polar surface area (TPSA) is 26.0 Å².